The lowest BCUT2D eigenvalue weighted by Gasteiger charge is -2.07. The Labute approximate surface area is 151 Å². The van der Waals surface area contributed by atoms with Crippen LogP contribution in [0.4, 0.5) is 0 Å². The Morgan fingerprint density at radius 1 is 0.957 bits per heavy atom. The molecule has 0 saturated heterocycles. The molecule has 0 N–H and O–H groups in total. The van der Waals surface area contributed by atoms with Gasteiger partial charge in [-0.2, -0.15) is 4.57 Å². The number of nitrogens with zero attached hydrogens (tertiary/aromatic N) is 2. The number of ketones is 2. The normalized spacial score (nSPS) is 10.3. The summed E-state index contributed by atoms with van der Waals surface area (Å²) in [7, 11) is 3.71. The molecule has 1 aromatic heterocycles. The molecule has 0 fully saturated rings. The Hall–Kier alpha value is -1.56. The molecule has 0 spiro atoms. The number of aromatic nitrogens is 1. The van der Waals surface area contributed by atoms with Crippen LogP contribution in [-0.2, 0) is 6.54 Å². The lowest BCUT2D eigenvalue weighted by Crippen LogP contribution is -3.00. The zero-order chi connectivity index (χ0) is 16.1. The van der Waals surface area contributed by atoms with Crippen molar-refractivity contribution in [3.8, 4) is 0 Å². The van der Waals surface area contributed by atoms with Crippen LogP contribution in [0.15, 0.2) is 48.8 Å². The van der Waals surface area contributed by atoms with E-state index in [4.69, 9.17) is 11.6 Å². The minimum absolute atomic E-state index is 0. The van der Waals surface area contributed by atoms with E-state index in [1.165, 1.54) is 0 Å². The predicted molar refractivity (Wildman–Crippen MR) is 85.3 cm³/mol. The van der Waals surface area contributed by atoms with Gasteiger partial charge >= 0.3 is 0 Å². The van der Waals surface area contributed by atoms with Crippen molar-refractivity contribution in [2.45, 2.75) is 6.54 Å². The van der Waals surface area contributed by atoms with E-state index in [-0.39, 0.29) is 35.1 Å². The highest BCUT2D eigenvalue weighted by atomic mass is 79.9. The van der Waals surface area contributed by atoms with Crippen LogP contribution in [0.3, 0.4) is 0 Å². The van der Waals surface area contributed by atoms with E-state index in [0.717, 1.165) is 0 Å². The van der Waals surface area contributed by atoms with Crippen LogP contribution < -0.4 is 21.5 Å². The van der Waals surface area contributed by atoms with Gasteiger partial charge in [0, 0.05) is 28.3 Å². The Kier molecular flexibility index (Phi) is 7.55. The Bertz CT molecular complexity index is 670. The number of carbonyl (C=O) groups excluding carboxylic acids is 2. The molecule has 4 nitrogen and oxygen atoms in total. The topological polar surface area (TPSA) is 41.3 Å². The molecule has 2 aromatic rings. The third-order valence-electron chi connectivity index (χ3n) is 3.17. The highest BCUT2D eigenvalue weighted by molar-refractivity contribution is 6.30. The van der Waals surface area contributed by atoms with E-state index in [9.17, 15) is 9.59 Å². The van der Waals surface area contributed by atoms with Gasteiger partial charge in [-0.25, -0.2) is 0 Å². The van der Waals surface area contributed by atoms with Crippen molar-refractivity contribution in [1.29, 1.82) is 0 Å². The van der Waals surface area contributed by atoms with Crippen molar-refractivity contribution in [3.63, 3.8) is 0 Å². The zero-order valence-corrected chi connectivity index (χ0v) is 15.3. The van der Waals surface area contributed by atoms with E-state index >= 15 is 0 Å². The van der Waals surface area contributed by atoms with Crippen molar-refractivity contribution in [2.24, 2.45) is 0 Å². The molecule has 1 aromatic carbocycles. The lowest BCUT2D eigenvalue weighted by atomic mass is 10.1. The Morgan fingerprint density at radius 3 is 2.00 bits per heavy atom. The maximum Gasteiger partial charge on any atom is 0.227 e. The van der Waals surface area contributed by atoms with E-state index in [1.54, 1.807) is 53.4 Å². The molecule has 1 heterocycles. The molecule has 0 bridgehead atoms. The van der Waals surface area contributed by atoms with Crippen molar-refractivity contribution in [1.82, 2.24) is 4.90 Å². The third-order valence-corrected chi connectivity index (χ3v) is 3.42. The summed E-state index contributed by atoms with van der Waals surface area (Å²) in [5, 5.41) is 0.605. The van der Waals surface area contributed by atoms with Gasteiger partial charge in [-0.3, -0.25) is 9.59 Å². The minimum Gasteiger partial charge on any atom is -1.00 e. The number of hydrogen-bond acceptors (Lipinski definition) is 3. The first kappa shape index (κ1) is 19.5. The van der Waals surface area contributed by atoms with Gasteiger partial charge in [-0.15, -0.1) is 0 Å². The highest BCUT2D eigenvalue weighted by Crippen LogP contribution is 2.10. The average Bonchev–Trinajstić information content (AvgIpc) is 2.48. The maximum absolute atomic E-state index is 12.2. The Balaban J connectivity index is 0.00000264. The molecular formula is C17H18BrClN2O2. The molecule has 0 aliphatic heterocycles. The van der Waals surface area contributed by atoms with Crippen LogP contribution >= 0.6 is 11.6 Å². The summed E-state index contributed by atoms with van der Waals surface area (Å²) in [6, 6.07) is 10.3. The number of carbonyl (C=O) groups is 2. The number of likely N-dealkylation sites (N-methyl/N-ethyl adjacent to an activating group) is 1. The van der Waals surface area contributed by atoms with Gasteiger partial charge in [0.2, 0.25) is 12.3 Å². The first-order valence-corrected chi connectivity index (χ1v) is 7.29. The van der Waals surface area contributed by atoms with E-state index in [0.29, 0.717) is 22.7 Å². The fourth-order valence-electron chi connectivity index (χ4n) is 2.02. The third kappa shape index (κ3) is 5.86. The monoisotopic (exact) mass is 396 g/mol. The minimum atomic E-state index is -0.00552. The average molecular weight is 398 g/mol. The second-order valence-electron chi connectivity index (χ2n) is 5.35. The summed E-state index contributed by atoms with van der Waals surface area (Å²) < 4.78 is 1.75. The Morgan fingerprint density at radius 2 is 1.48 bits per heavy atom. The second kappa shape index (κ2) is 8.91. The van der Waals surface area contributed by atoms with Crippen molar-refractivity contribution in [2.75, 3.05) is 20.6 Å². The molecule has 0 aliphatic carbocycles. The first-order valence-electron chi connectivity index (χ1n) is 6.91. The molecule has 0 saturated carbocycles. The smallest absolute Gasteiger partial charge is 0.227 e. The van der Waals surface area contributed by atoms with Gasteiger partial charge in [0.25, 0.3) is 0 Å². The van der Waals surface area contributed by atoms with E-state index in [1.807, 2.05) is 19.0 Å². The van der Waals surface area contributed by atoms with Crippen LogP contribution in [0.1, 0.15) is 20.7 Å². The molecule has 23 heavy (non-hydrogen) atoms. The number of halogens is 2. The molecular weight excluding hydrogens is 380 g/mol. The van der Waals surface area contributed by atoms with Crippen molar-refractivity contribution in [3.05, 3.63) is 64.9 Å². The van der Waals surface area contributed by atoms with Crippen LogP contribution in [0.25, 0.3) is 0 Å². The standard InChI is InChI=1S/C17H18ClN2O2.BrH/c1-19(2)11-16(21)14-7-9-20(10-8-14)12-17(22)13-3-5-15(18)6-4-13;/h3-10H,11-12H2,1-2H3;1H/q+1;/p-1. The van der Waals surface area contributed by atoms with Gasteiger partial charge in [0.1, 0.15) is 0 Å². The SMILES string of the molecule is CN(C)CC(=O)c1cc[n+](CC(=O)c2ccc(Cl)cc2)cc1.[Br-]. The molecule has 0 radical (unpaired) electrons. The largest absolute Gasteiger partial charge is 1.00 e. The molecule has 122 valence electrons. The van der Waals surface area contributed by atoms with Gasteiger partial charge in [0.05, 0.1) is 6.54 Å². The number of Topliss-reactive ketones (excluding diaryl/α,β-unsaturated/α-hetero) is 2. The summed E-state index contributed by atoms with van der Waals surface area (Å²) in [4.78, 5) is 25.9. The van der Waals surface area contributed by atoms with Crippen molar-refractivity contribution >= 4 is 23.2 Å². The number of benzene rings is 1. The van der Waals surface area contributed by atoms with Gasteiger partial charge in [-0.1, -0.05) is 11.6 Å². The van der Waals surface area contributed by atoms with Gasteiger partial charge in [0.15, 0.2) is 18.2 Å². The fraction of sp³-hybridized carbons (Fsp3) is 0.235. The molecule has 0 unspecified atom stereocenters. The summed E-state index contributed by atoms with van der Waals surface area (Å²) in [5.41, 5.74) is 1.26. The van der Waals surface area contributed by atoms with Crippen LogP contribution in [0, 0.1) is 0 Å². The molecule has 0 amide bonds. The summed E-state index contributed by atoms with van der Waals surface area (Å²) in [6.07, 6.45) is 3.49. The van der Waals surface area contributed by atoms with Crippen molar-refractivity contribution < 1.29 is 31.1 Å². The van der Waals surface area contributed by atoms with Gasteiger partial charge < -0.3 is 21.9 Å². The number of pyridine rings is 1. The predicted octanol–water partition coefficient (Wildman–Crippen LogP) is -0.741. The highest BCUT2D eigenvalue weighted by Gasteiger charge is 2.13. The van der Waals surface area contributed by atoms with Crippen LogP contribution in [0.2, 0.25) is 5.02 Å². The molecule has 0 aliphatic rings. The van der Waals surface area contributed by atoms with Gasteiger partial charge in [-0.05, 0) is 38.4 Å². The van der Waals surface area contributed by atoms with Crippen LogP contribution in [0.5, 0.6) is 0 Å². The lowest BCUT2D eigenvalue weighted by molar-refractivity contribution is -0.683. The maximum atomic E-state index is 12.2. The number of hydrogen-bond donors (Lipinski definition) is 0. The summed E-state index contributed by atoms with van der Waals surface area (Å²) in [6.45, 7) is 0.595. The molecule has 6 heteroatoms. The second-order valence-corrected chi connectivity index (χ2v) is 5.79. The summed E-state index contributed by atoms with van der Waals surface area (Å²) >= 11 is 5.81. The van der Waals surface area contributed by atoms with E-state index in [2.05, 4.69) is 0 Å². The first-order chi connectivity index (χ1) is 10.5. The molecule has 2 rings (SSSR count). The fourth-order valence-corrected chi connectivity index (χ4v) is 2.15. The summed E-state index contributed by atoms with van der Waals surface area (Å²) in [5.74, 6) is 0.0511. The zero-order valence-electron chi connectivity index (χ0n) is 13.0. The van der Waals surface area contributed by atoms with Crippen LogP contribution in [-0.4, -0.2) is 37.1 Å². The van der Waals surface area contributed by atoms with E-state index < -0.39 is 0 Å². The molecule has 0 atom stereocenters. The number of rotatable bonds is 6. The quantitative estimate of drug-likeness (QED) is 0.476.